The van der Waals surface area contributed by atoms with Gasteiger partial charge in [-0.05, 0) is 13.1 Å². The maximum absolute atomic E-state index is 6.89. The van der Waals surface area contributed by atoms with Crippen molar-refractivity contribution in [3.8, 4) is 0 Å². The molecule has 0 heterocycles. The molecule has 0 radical (unpaired) electrons. The first-order chi connectivity index (χ1) is 3.27. The van der Waals surface area contributed by atoms with E-state index in [0.29, 0.717) is 12.1 Å². The molecule has 0 saturated heterocycles. The average Bonchev–Trinajstić information content (AvgIpc) is 1.61. The highest BCUT2D eigenvalue weighted by Gasteiger charge is 1.76. The Kier molecular flexibility index (Phi) is 3.02. The molecular formula is C5H10N2. The van der Waals surface area contributed by atoms with E-state index in [1.54, 1.807) is 13.0 Å². The van der Waals surface area contributed by atoms with E-state index in [1.165, 1.54) is 6.20 Å². The van der Waals surface area contributed by atoms with Crippen LogP contribution >= 0.6 is 0 Å². The van der Waals surface area contributed by atoms with Gasteiger partial charge in [-0.15, -0.1) is 0 Å². The third-order valence-electron chi connectivity index (χ3n) is 0.560. The van der Waals surface area contributed by atoms with E-state index in [2.05, 4.69) is 0 Å². The molecule has 0 bridgehead atoms. The van der Waals surface area contributed by atoms with Crippen molar-refractivity contribution in [1.82, 2.24) is 0 Å². The van der Waals surface area contributed by atoms with Gasteiger partial charge in [-0.3, -0.25) is 0 Å². The zero-order valence-corrected chi connectivity index (χ0v) is 4.44. The fourth-order valence-corrected chi connectivity index (χ4v) is 0.245. The molecule has 0 saturated carbocycles. The van der Waals surface area contributed by atoms with Crippen LogP contribution in [0.15, 0.2) is 12.3 Å². The van der Waals surface area contributed by atoms with E-state index in [-0.39, 0.29) is 0 Å². The van der Waals surface area contributed by atoms with E-state index >= 15 is 0 Å². The van der Waals surface area contributed by atoms with Crippen molar-refractivity contribution in [1.29, 1.82) is 5.41 Å². The van der Waals surface area contributed by atoms with Crippen molar-refractivity contribution in [2.24, 2.45) is 5.73 Å². The first-order valence-electron chi connectivity index (χ1n) is 2.18. The van der Waals surface area contributed by atoms with E-state index < -0.39 is 0 Å². The standard InChI is InChI=1S/C5H10N2/c1-5(7)3-2-4-6/h2,4,7H,3,6H2,1H3/b4-2-,7-5?. The largest absolute Gasteiger partial charge is 0.405 e. The van der Waals surface area contributed by atoms with E-state index in [9.17, 15) is 0 Å². The van der Waals surface area contributed by atoms with Gasteiger partial charge in [-0.2, -0.15) is 0 Å². The predicted octanol–water partition coefficient (Wildman–Crippen LogP) is 0.889. The number of rotatable bonds is 2. The molecule has 0 amide bonds. The lowest BCUT2D eigenvalue weighted by Crippen LogP contribution is -1.84. The summed E-state index contributed by atoms with van der Waals surface area (Å²) in [4.78, 5) is 0. The number of hydrogen-bond donors (Lipinski definition) is 2. The Morgan fingerprint density at radius 2 is 2.43 bits per heavy atom. The van der Waals surface area contributed by atoms with Crippen LogP contribution in [0.4, 0.5) is 0 Å². The molecule has 0 spiro atoms. The summed E-state index contributed by atoms with van der Waals surface area (Å²) in [5, 5.41) is 6.89. The third-order valence-corrected chi connectivity index (χ3v) is 0.560. The zero-order valence-electron chi connectivity index (χ0n) is 4.44. The molecule has 0 unspecified atom stereocenters. The van der Waals surface area contributed by atoms with Crippen molar-refractivity contribution >= 4 is 5.71 Å². The first kappa shape index (κ1) is 6.21. The lowest BCUT2D eigenvalue weighted by atomic mass is 10.3. The summed E-state index contributed by atoms with van der Waals surface area (Å²) in [7, 11) is 0. The van der Waals surface area contributed by atoms with E-state index in [1.807, 2.05) is 0 Å². The van der Waals surface area contributed by atoms with Gasteiger partial charge >= 0.3 is 0 Å². The van der Waals surface area contributed by atoms with Crippen LogP contribution in [0.25, 0.3) is 0 Å². The van der Waals surface area contributed by atoms with Gasteiger partial charge in [0.05, 0.1) is 0 Å². The minimum Gasteiger partial charge on any atom is -0.405 e. The molecule has 0 aromatic carbocycles. The second-order valence-corrected chi connectivity index (χ2v) is 1.41. The van der Waals surface area contributed by atoms with Gasteiger partial charge in [0.1, 0.15) is 0 Å². The highest BCUT2D eigenvalue weighted by atomic mass is 14.5. The minimum atomic E-state index is 0.640. The number of allylic oxidation sites excluding steroid dienone is 1. The van der Waals surface area contributed by atoms with Crippen molar-refractivity contribution < 1.29 is 0 Å². The van der Waals surface area contributed by atoms with Crippen LogP contribution in [-0.4, -0.2) is 5.71 Å². The minimum absolute atomic E-state index is 0.640. The summed E-state index contributed by atoms with van der Waals surface area (Å²) in [6.07, 6.45) is 3.89. The molecule has 2 heteroatoms. The van der Waals surface area contributed by atoms with Gasteiger partial charge in [-0.1, -0.05) is 6.08 Å². The molecule has 0 atom stereocenters. The second kappa shape index (κ2) is 3.40. The molecule has 2 nitrogen and oxygen atoms in total. The van der Waals surface area contributed by atoms with Crippen molar-refractivity contribution in [3.63, 3.8) is 0 Å². The molecule has 0 aromatic heterocycles. The maximum atomic E-state index is 6.89. The van der Waals surface area contributed by atoms with Crippen molar-refractivity contribution in [3.05, 3.63) is 12.3 Å². The SMILES string of the molecule is CC(=N)C/C=C\N. The lowest BCUT2D eigenvalue weighted by Gasteiger charge is -1.82. The summed E-state index contributed by atoms with van der Waals surface area (Å²) in [5.41, 5.74) is 5.64. The Labute approximate surface area is 43.5 Å². The number of nitrogens with two attached hydrogens (primary N) is 1. The van der Waals surface area contributed by atoms with Gasteiger partial charge < -0.3 is 11.1 Å². The Bertz CT molecular complexity index is 84.1. The van der Waals surface area contributed by atoms with Crippen molar-refractivity contribution in [2.45, 2.75) is 13.3 Å². The highest BCUT2D eigenvalue weighted by molar-refractivity contribution is 5.79. The zero-order chi connectivity index (χ0) is 5.70. The quantitative estimate of drug-likeness (QED) is 0.495. The van der Waals surface area contributed by atoms with Gasteiger partial charge in [0.15, 0.2) is 0 Å². The van der Waals surface area contributed by atoms with Gasteiger partial charge in [-0.25, -0.2) is 0 Å². The van der Waals surface area contributed by atoms with Gasteiger partial charge in [0.2, 0.25) is 0 Å². The van der Waals surface area contributed by atoms with Crippen LogP contribution in [0.5, 0.6) is 0 Å². The normalized spacial score (nSPS) is 9.86. The molecule has 40 valence electrons. The van der Waals surface area contributed by atoms with Crippen LogP contribution in [0, 0.1) is 5.41 Å². The van der Waals surface area contributed by atoms with Gasteiger partial charge in [0, 0.05) is 12.1 Å². The molecule has 0 fully saturated rings. The van der Waals surface area contributed by atoms with E-state index in [0.717, 1.165) is 0 Å². The molecular weight excluding hydrogens is 88.1 g/mol. The molecule has 0 aliphatic heterocycles. The molecule has 0 aliphatic carbocycles. The molecule has 7 heavy (non-hydrogen) atoms. The fraction of sp³-hybridized carbons (Fsp3) is 0.400. The second-order valence-electron chi connectivity index (χ2n) is 1.41. The van der Waals surface area contributed by atoms with E-state index in [4.69, 9.17) is 11.1 Å². The first-order valence-corrected chi connectivity index (χ1v) is 2.18. The Morgan fingerprint density at radius 1 is 1.86 bits per heavy atom. The Hall–Kier alpha value is -0.790. The summed E-state index contributed by atoms with van der Waals surface area (Å²) < 4.78 is 0. The summed E-state index contributed by atoms with van der Waals surface area (Å²) >= 11 is 0. The summed E-state index contributed by atoms with van der Waals surface area (Å²) in [6.45, 7) is 1.75. The smallest absolute Gasteiger partial charge is 0.00964 e. The van der Waals surface area contributed by atoms with Crippen LogP contribution in [0.3, 0.4) is 0 Å². The lowest BCUT2D eigenvalue weighted by molar-refractivity contribution is 1.33. The third kappa shape index (κ3) is 5.21. The van der Waals surface area contributed by atoms with Crippen LogP contribution in [0.1, 0.15) is 13.3 Å². The Morgan fingerprint density at radius 3 is 2.57 bits per heavy atom. The molecule has 3 N–H and O–H groups in total. The monoisotopic (exact) mass is 98.1 g/mol. The molecule has 0 aromatic rings. The van der Waals surface area contributed by atoms with Crippen molar-refractivity contribution in [2.75, 3.05) is 0 Å². The van der Waals surface area contributed by atoms with Crippen LogP contribution in [-0.2, 0) is 0 Å². The molecule has 0 aliphatic rings. The fourth-order valence-electron chi connectivity index (χ4n) is 0.245. The number of hydrogen-bond acceptors (Lipinski definition) is 2. The number of nitrogens with one attached hydrogen (secondary N) is 1. The Balaban J connectivity index is 3.14. The van der Waals surface area contributed by atoms with Gasteiger partial charge in [0.25, 0.3) is 0 Å². The summed E-state index contributed by atoms with van der Waals surface area (Å²) in [5.74, 6) is 0. The molecule has 0 rings (SSSR count). The average molecular weight is 98.1 g/mol. The van der Waals surface area contributed by atoms with Crippen LogP contribution in [0.2, 0.25) is 0 Å². The summed E-state index contributed by atoms with van der Waals surface area (Å²) in [6, 6.07) is 0. The highest BCUT2D eigenvalue weighted by Crippen LogP contribution is 1.80. The topological polar surface area (TPSA) is 49.9 Å². The van der Waals surface area contributed by atoms with Crippen LogP contribution < -0.4 is 5.73 Å². The predicted molar refractivity (Wildman–Crippen MR) is 31.3 cm³/mol. The maximum Gasteiger partial charge on any atom is 0.00964 e.